The van der Waals surface area contributed by atoms with Crippen molar-refractivity contribution in [2.75, 3.05) is 20.3 Å². The average Bonchev–Trinajstić information content (AvgIpc) is 2.37. The highest BCUT2D eigenvalue weighted by atomic mass is 16.5. The first-order valence-electron chi connectivity index (χ1n) is 6.10. The largest absolute Gasteiger partial charge is 0.385 e. The van der Waals surface area contributed by atoms with Crippen molar-refractivity contribution >= 4 is 0 Å². The predicted octanol–water partition coefficient (Wildman–Crippen LogP) is 2.20. The zero-order valence-corrected chi connectivity index (χ0v) is 10.8. The third-order valence-electron chi connectivity index (χ3n) is 2.93. The SMILES string of the molecule is COCCC(C)C(N)COCc1ccccc1. The van der Waals surface area contributed by atoms with E-state index in [-0.39, 0.29) is 6.04 Å². The van der Waals surface area contributed by atoms with E-state index in [4.69, 9.17) is 15.2 Å². The number of ether oxygens (including phenoxy) is 2. The molecule has 0 aliphatic rings. The minimum Gasteiger partial charge on any atom is -0.385 e. The third-order valence-corrected chi connectivity index (χ3v) is 2.93. The van der Waals surface area contributed by atoms with Crippen LogP contribution in [-0.2, 0) is 16.1 Å². The first-order chi connectivity index (χ1) is 8.24. The summed E-state index contributed by atoms with van der Waals surface area (Å²) >= 11 is 0. The van der Waals surface area contributed by atoms with Crippen LogP contribution >= 0.6 is 0 Å². The maximum Gasteiger partial charge on any atom is 0.0717 e. The molecular formula is C14H23NO2. The number of rotatable bonds is 8. The molecule has 0 spiro atoms. The molecule has 1 aromatic carbocycles. The zero-order valence-electron chi connectivity index (χ0n) is 10.8. The topological polar surface area (TPSA) is 44.5 Å². The van der Waals surface area contributed by atoms with E-state index in [0.29, 0.717) is 19.1 Å². The number of nitrogens with two attached hydrogens (primary N) is 1. The van der Waals surface area contributed by atoms with E-state index in [1.165, 1.54) is 5.56 Å². The molecule has 2 unspecified atom stereocenters. The Bertz CT molecular complexity index is 290. The molecule has 3 heteroatoms. The average molecular weight is 237 g/mol. The number of hydrogen-bond donors (Lipinski definition) is 1. The van der Waals surface area contributed by atoms with E-state index in [2.05, 4.69) is 19.1 Å². The van der Waals surface area contributed by atoms with Gasteiger partial charge in [0.2, 0.25) is 0 Å². The monoisotopic (exact) mass is 237 g/mol. The van der Waals surface area contributed by atoms with Crippen molar-refractivity contribution < 1.29 is 9.47 Å². The minimum atomic E-state index is 0.0777. The molecule has 2 N–H and O–H groups in total. The maximum atomic E-state index is 6.04. The highest BCUT2D eigenvalue weighted by molar-refractivity contribution is 5.13. The smallest absolute Gasteiger partial charge is 0.0717 e. The van der Waals surface area contributed by atoms with Crippen molar-refractivity contribution in [2.45, 2.75) is 26.0 Å². The molecule has 0 fully saturated rings. The molecule has 0 saturated carbocycles. The van der Waals surface area contributed by atoms with Gasteiger partial charge in [0, 0.05) is 19.8 Å². The second-order valence-electron chi connectivity index (χ2n) is 4.42. The molecule has 0 aromatic heterocycles. The Hall–Kier alpha value is -0.900. The molecule has 0 saturated heterocycles. The van der Waals surface area contributed by atoms with E-state index in [1.807, 2.05) is 18.2 Å². The highest BCUT2D eigenvalue weighted by Crippen LogP contribution is 2.08. The molecule has 2 atom stereocenters. The van der Waals surface area contributed by atoms with Crippen molar-refractivity contribution in [3.63, 3.8) is 0 Å². The van der Waals surface area contributed by atoms with Crippen LogP contribution in [-0.4, -0.2) is 26.4 Å². The van der Waals surface area contributed by atoms with Crippen LogP contribution in [0.1, 0.15) is 18.9 Å². The van der Waals surface area contributed by atoms with Gasteiger partial charge in [0.05, 0.1) is 13.2 Å². The molecule has 1 aromatic rings. The van der Waals surface area contributed by atoms with Crippen LogP contribution in [0.5, 0.6) is 0 Å². The summed E-state index contributed by atoms with van der Waals surface area (Å²) in [6.07, 6.45) is 0.979. The molecule has 1 rings (SSSR count). The molecule has 96 valence electrons. The van der Waals surface area contributed by atoms with Gasteiger partial charge < -0.3 is 15.2 Å². The van der Waals surface area contributed by atoms with E-state index in [1.54, 1.807) is 7.11 Å². The Balaban J connectivity index is 2.17. The lowest BCUT2D eigenvalue weighted by atomic mass is 10.0. The van der Waals surface area contributed by atoms with Gasteiger partial charge in [-0.2, -0.15) is 0 Å². The van der Waals surface area contributed by atoms with Gasteiger partial charge >= 0.3 is 0 Å². The Labute approximate surface area is 104 Å². The van der Waals surface area contributed by atoms with Crippen LogP contribution in [0.15, 0.2) is 30.3 Å². The Morgan fingerprint density at radius 1 is 1.24 bits per heavy atom. The molecule has 0 amide bonds. The van der Waals surface area contributed by atoms with Crippen LogP contribution in [0, 0.1) is 5.92 Å². The zero-order chi connectivity index (χ0) is 12.5. The van der Waals surface area contributed by atoms with Crippen molar-refractivity contribution in [3.8, 4) is 0 Å². The van der Waals surface area contributed by atoms with E-state index in [9.17, 15) is 0 Å². The van der Waals surface area contributed by atoms with E-state index >= 15 is 0 Å². The van der Waals surface area contributed by atoms with Crippen molar-refractivity contribution in [2.24, 2.45) is 11.7 Å². The van der Waals surface area contributed by atoms with Gasteiger partial charge in [0.15, 0.2) is 0 Å². The summed E-state index contributed by atoms with van der Waals surface area (Å²) in [6.45, 7) is 4.12. The van der Waals surface area contributed by atoms with Crippen LogP contribution in [0.25, 0.3) is 0 Å². The lowest BCUT2D eigenvalue weighted by Crippen LogP contribution is -2.33. The fraction of sp³-hybridized carbons (Fsp3) is 0.571. The first-order valence-corrected chi connectivity index (χ1v) is 6.10. The first kappa shape index (κ1) is 14.2. The standard InChI is InChI=1S/C14H23NO2/c1-12(8-9-16-2)14(15)11-17-10-13-6-4-3-5-7-13/h3-7,12,14H,8-11,15H2,1-2H3. The fourth-order valence-corrected chi connectivity index (χ4v) is 1.57. The number of hydrogen-bond acceptors (Lipinski definition) is 3. The number of methoxy groups -OCH3 is 1. The summed E-state index contributed by atoms with van der Waals surface area (Å²) in [7, 11) is 1.71. The molecule has 0 aliphatic carbocycles. The second kappa shape index (κ2) is 8.23. The Kier molecular flexibility index (Phi) is 6.86. The van der Waals surface area contributed by atoms with Crippen LogP contribution in [0.3, 0.4) is 0 Å². The summed E-state index contributed by atoms with van der Waals surface area (Å²) in [5, 5.41) is 0. The second-order valence-corrected chi connectivity index (χ2v) is 4.42. The Morgan fingerprint density at radius 2 is 1.94 bits per heavy atom. The van der Waals surface area contributed by atoms with Crippen LogP contribution in [0.2, 0.25) is 0 Å². The van der Waals surface area contributed by atoms with E-state index in [0.717, 1.165) is 13.0 Å². The molecule has 0 radical (unpaired) electrons. The van der Waals surface area contributed by atoms with Crippen molar-refractivity contribution in [1.29, 1.82) is 0 Å². The van der Waals surface area contributed by atoms with Crippen LogP contribution in [0.4, 0.5) is 0 Å². The summed E-state index contributed by atoms with van der Waals surface area (Å²) < 4.78 is 10.7. The van der Waals surface area contributed by atoms with Crippen molar-refractivity contribution in [1.82, 2.24) is 0 Å². The number of benzene rings is 1. The third kappa shape index (κ3) is 5.82. The summed E-state index contributed by atoms with van der Waals surface area (Å²) in [6, 6.07) is 10.2. The van der Waals surface area contributed by atoms with Gasteiger partial charge in [-0.1, -0.05) is 37.3 Å². The molecule has 3 nitrogen and oxygen atoms in total. The molecule has 17 heavy (non-hydrogen) atoms. The lowest BCUT2D eigenvalue weighted by Gasteiger charge is -2.19. The molecular weight excluding hydrogens is 214 g/mol. The summed E-state index contributed by atoms with van der Waals surface area (Å²) in [5.74, 6) is 0.422. The van der Waals surface area contributed by atoms with Gasteiger partial charge in [-0.25, -0.2) is 0 Å². The normalized spacial score (nSPS) is 14.5. The molecule has 0 heterocycles. The van der Waals surface area contributed by atoms with Gasteiger partial charge in [-0.3, -0.25) is 0 Å². The maximum absolute atomic E-state index is 6.04. The summed E-state index contributed by atoms with van der Waals surface area (Å²) in [4.78, 5) is 0. The van der Waals surface area contributed by atoms with Gasteiger partial charge in [-0.15, -0.1) is 0 Å². The van der Waals surface area contributed by atoms with Gasteiger partial charge in [0.1, 0.15) is 0 Å². The Morgan fingerprint density at radius 3 is 2.59 bits per heavy atom. The minimum absolute atomic E-state index is 0.0777. The summed E-state index contributed by atoms with van der Waals surface area (Å²) in [5.41, 5.74) is 7.23. The molecule has 0 aliphatic heterocycles. The predicted molar refractivity (Wildman–Crippen MR) is 69.7 cm³/mol. The van der Waals surface area contributed by atoms with Gasteiger partial charge in [-0.05, 0) is 17.9 Å². The highest BCUT2D eigenvalue weighted by Gasteiger charge is 2.12. The van der Waals surface area contributed by atoms with E-state index < -0.39 is 0 Å². The van der Waals surface area contributed by atoms with Crippen LogP contribution < -0.4 is 5.73 Å². The lowest BCUT2D eigenvalue weighted by molar-refractivity contribution is 0.0876. The molecule has 0 bridgehead atoms. The quantitative estimate of drug-likeness (QED) is 0.754. The van der Waals surface area contributed by atoms with Crippen molar-refractivity contribution in [3.05, 3.63) is 35.9 Å². The fourth-order valence-electron chi connectivity index (χ4n) is 1.57. The van der Waals surface area contributed by atoms with Gasteiger partial charge in [0.25, 0.3) is 0 Å².